The second kappa shape index (κ2) is 12.0. The number of rotatable bonds is 8. The van der Waals surface area contributed by atoms with E-state index in [0.717, 1.165) is 42.2 Å². The van der Waals surface area contributed by atoms with Crippen molar-refractivity contribution in [3.8, 4) is 5.75 Å². The predicted molar refractivity (Wildman–Crippen MR) is 155 cm³/mol. The topological polar surface area (TPSA) is 91.0 Å². The monoisotopic (exact) mass is 572 g/mol. The van der Waals surface area contributed by atoms with Gasteiger partial charge in [-0.25, -0.2) is 0 Å². The van der Waals surface area contributed by atoms with Crippen LogP contribution in [0.15, 0.2) is 72.8 Å². The molecule has 3 aromatic carbocycles. The number of imide groups is 1. The highest BCUT2D eigenvalue weighted by atomic mass is 35.5. The Bertz CT molecular complexity index is 1450. The number of nitrogens with zero attached hydrogens (tertiary/aromatic N) is 2. The molecule has 0 aromatic heterocycles. The molecule has 9 heteroatoms. The van der Waals surface area contributed by atoms with Gasteiger partial charge in [-0.1, -0.05) is 60.1 Å². The normalized spacial score (nSPS) is 22.9. The zero-order valence-electron chi connectivity index (χ0n) is 22.7. The van der Waals surface area contributed by atoms with Gasteiger partial charge in [0.2, 0.25) is 11.8 Å². The first-order valence-electron chi connectivity index (χ1n) is 14.1. The Hall–Kier alpha value is -3.72. The SMILES string of the molecule is O=C1CCC(N2Cc3cc(O[C@@H]4CN(Cc5ccccc5)CCC4NCc4ccccc4Cl)ccc3C2=O)C(=O)N1. The van der Waals surface area contributed by atoms with Crippen LogP contribution < -0.4 is 15.4 Å². The minimum atomic E-state index is -0.639. The number of halogens is 1. The molecule has 2 saturated heterocycles. The maximum Gasteiger partial charge on any atom is 0.255 e. The summed E-state index contributed by atoms with van der Waals surface area (Å²) in [6.07, 6.45) is 1.35. The summed E-state index contributed by atoms with van der Waals surface area (Å²) >= 11 is 6.42. The molecule has 2 N–H and O–H groups in total. The van der Waals surface area contributed by atoms with Gasteiger partial charge in [-0.05, 0) is 53.8 Å². The number of carbonyl (C=O) groups excluding carboxylic acids is 3. The van der Waals surface area contributed by atoms with E-state index < -0.39 is 11.9 Å². The number of nitrogens with one attached hydrogen (secondary N) is 2. The van der Waals surface area contributed by atoms with Crippen LogP contribution in [0, 0.1) is 0 Å². The molecule has 212 valence electrons. The molecule has 41 heavy (non-hydrogen) atoms. The average molecular weight is 573 g/mol. The van der Waals surface area contributed by atoms with E-state index in [9.17, 15) is 14.4 Å². The summed E-state index contributed by atoms with van der Waals surface area (Å²) in [6, 6.07) is 23.3. The number of hydrogen-bond donors (Lipinski definition) is 2. The summed E-state index contributed by atoms with van der Waals surface area (Å²) < 4.78 is 6.64. The van der Waals surface area contributed by atoms with Crippen molar-refractivity contribution in [1.29, 1.82) is 0 Å². The van der Waals surface area contributed by atoms with Crippen LogP contribution in [-0.4, -0.2) is 58.8 Å². The van der Waals surface area contributed by atoms with Gasteiger partial charge in [0.25, 0.3) is 5.91 Å². The third-order valence-corrected chi connectivity index (χ3v) is 8.56. The van der Waals surface area contributed by atoms with Gasteiger partial charge in [0.15, 0.2) is 0 Å². The highest BCUT2D eigenvalue weighted by Crippen LogP contribution is 2.31. The molecule has 0 bridgehead atoms. The van der Waals surface area contributed by atoms with E-state index in [1.807, 2.05) is 42.5 Å². The maximum absolute atomic E-state index is 13.1. The summed E-state index contributed by atoms with van der Waals surface area (Å²) in [6.45, 7) is 3.48. The molecule has 0 aliphatic carbocycles. The lowest BCUT2D eigenvalue weighted by Crippen LogP contribution is -2.54. The Morgan fingerprint density at radius 3 is 2.59 bits per heavy atom. The van der Waals surface area contributed by atoms with Crippen molar-refractivity contribution in [3.05, 3.63) is 100 Å². The molecule has 3 aliphatic rings. The molecule has 8 nitrogen and oxygen atoms in total. The lowest BCUT2D eigenvalue weighted by molar-refractivity contribution is -0.136. The Kier molecular flexibility index (Phi) is 8.05. The molecule has 0 spiro atoms. The predicted octanol–water partition coefficient (Wildman–Crippen LogP) is 3.91. The van der Waals surface area contributed by atoms with E-state index in [4.69, 9.17) is 16.3 Å². The maximum atomic E-state index is 13.1. The second-order valence-electron chi connectivity index (χ2n) is 11.0. The lowest BCUT2D eigenvalue weighted by Gasteiger charge is -2.39. The summed E-state index contributed by atoms with van der Waals surface area (Å²) in [4.78, 5) is 41.1. The van der Waals surface area contributed by atoms with Gasteiger partial charge in [0.05, 0.1) is 0 Å². The van der Waals surface area contributed by atoms with Crippen LogP contribution in [0.5, 0.6) is 5.75 Å². The van der Waals surface area contributed by atoms with Crippen LogP contribution in [-0.2, 0) is 29.2 Å². The van der Waals surface area contributed by atoms with Crippen molar-refractivity contribution >= 4 is 29.3 Å². The number of amides is 3. The van der Waals surface area contributed by atoms with Gasteiger partial charge in [-0.3, -0.25) is 24.6 Å². The van der Waals surface area contributed by atoms with Gasteiger partial charge in [-0.2, -0.15) is 0 Å². The van der Waals surface area contributed by atoms with Crippen molar-refractivity contribution in [3.63, 3.8) is 0 Å². The van der Waals surface area contributed by atoms with E-state index in [-0.39, 0.29) is 30.4 Å². The smallest absolute Gasteiger partial charge is 0.255 e. The average Bonchev–Trinajstić information content (AvgIpc) is 3.29. The van der Waals surface area contributed by atoms with E-state index in [1.165, 1.54) is 5.56 Å². The quantitative estimate of drug-likeness (QED) is 0.398. The first-order valence-corrected chi connectivity index (χ1v) is 14.5. The number of carbonyl (C=O) groups is 3. The number of hydrogen-bond acceptors (Lipinski definition) is 6. The van der Waals surface area contributed by atoms with Crippen LogP contribution in [0.3, 0.4) is 0 Å². The molecule has 6 rings (SSSR count). The Morgan fingerprint density at radius 2 is 1.78 bits per heavy atom. The molecule has 2 unspecified atom stereocenters. The van der Waals surface area contributed by atoms with Crippen LogP contribution >= 0.6 is 11.6 Å². The summed E-state index contributed by atoms with van der Waals surface area (Å²) in [5.41, 5.74) is 3.71. The fourth-order valence-electron chi connectivity index (χ4n) is 6.00. The molecule has 3 aromatic rings. The Balaban J connectivity index is 1.17. The fourth-order valence-corrected chi connectivity index (χ4v) is 6.20. The van der Waals surface area contributed by atoms with Crippen LogP contribution in [0.1, 0.15) is 46.3 Å². The summed E-state index contributed by atoms with van der Waals surface area (Å²) in [5, 5.41) is 6.78. The molecule has 3 aliphatic heterocycles. The van der Waals surface area contributed by atoms with Gasteiger partial charge in [-0.15, -0.1) is 0 Å². The number of piperidine rings is 2. The van der Waals surface area contributed by atoms with Gasteiger partial charge < -0.3 is 15.0 Å². The highest BCUT2D eigenvalue weighted by Gasteiger charge is 2.39. The molecule has 2 fully saturated rings. The largest absolute Gasteiger partial charge is 0.487 e. The third kappa shape index (κ3) is 6.15. The highest BCUT2D eigenvalue weighted by molar-refractivity contribution is 6.31. The second-order valence-corrected chi connectivity index (χ2v) is 11.4. The standard InChI is InChI=1S/C32H33ClN4O4/c33-26-9-5-4-8-22(26)17-34-27-14-15-36(18-21-6-2-1-3-7-21)20-29(27)41-24-10-11-25-23(16-24)19-37(32(25)40)28-12-13-30(38)35-31(28)39/h1-11,16,27-29,34H,12-15,17-20H2,(H,35,38,39)/t27?,28?,29-/m1/s1. The Morgan fingerprint density at radius 1 is 0.976 bits per heavy atom. The number of likely N-dealkylation sites (tertiary alicyclic amines) is 1. The van der Waals surface area contributed by atoms with E-state index >= 15 is 0 Å². The number of benzene rings is 3. The van der Waals surface area contributed by atoms with Crippen LogP contribution in [0.4, 0.5) is 0 Å². The third-order valence-electron chi connectivity index (χ3n) is 8.19. The first-order chi connectivity index (χ1) is 19.9. The zero-order chi connectivity index (χ0) is 28.3. The van der Waals surface area contributed by atoms with E-state index in [0.29, 0.717) is 30.8 Å². The fraction of sp³-hybridized carbons (Fsp3) is 0.344. The van der Waals surface area contributed by atoms with Crippen molar-refractivity contribution in [2.24, 2.45) is 0 Å². The van der Waals surface area contributed by atoms with Crippen molar-refractivity contribution in [2.45, 2.75) is 57.1 Å². The van der Waals surface area contributed by atoms with E-state index in [2.05, 4.69) is 39.8 Å². The minimum Gasteiger partial charge on any atom is -0.487 e. The molecule has 3 amide bonds. The van der Waals surface area contributed by atoms with Gasteiger partial charge in [0.1, 0.15) is 17.9 Å². The van der Waals surface area contributed by atoms with Gasteiger partial charge >= 0.3 is 0 Å². The number of fused-ring (bicyclic) bond motifs is 1. The molecule has 3 heterocycles. The van der Waals surface area contributed by atoms with Crippen LogP contribution in [0.2, 0.25) is 5.02 Å². The minimum absolute atomic E-state index is 0.105. The van der Waals surface area contributed by atoms with Crippen LogP contribution in [0.25, 0.3) is 0 Å². The molecule has 0 radical (unpaired) electrons. The summed E-state index contributed by atoms with van der Waals surface area (Å²) in [7, 11) is 0. The van der Waals surface area contributed by atoms with Crippen molar-refractivity contribution in [2.75, 3.05) is 13.1 Å². The van der Waals surface area contributed by atoms with Crippen molar-refractivity contribution in [1.82, 2.24) is 20.4 Å². The number of ether oxygens (including phenoxy) is 1. The summed E-state index contributed by atoms with van der Waals surface area (Å²) in [5.74, 6) is -0.200. The molecule has 0 saturated carbocycles. The zero-order valence-corrected chi connectivity index (χ0v) is 23.5. The lowest BCUT2D eigenvalue weighted by atomic mass is 10.00. The van der Waals surface area contributed by atoms with Crippen molar-refractivity contribution < 1.29 is 19.1 Å². The van der Waals surface area contributed by atoms with E-state index in [1.54, 1.807) is 11.0 Å². The Labute approximate surface area is 244 Å². The molecule has 3 atom stereocenters. The molecular weight excluding hydrogens is 540 g/mol. The van der Waals surface area contributed by atoms with Gasteiger partial charge in [0, 0.05) is 55.8 Å². The molecular formula is C32H33ClN4O4. The first kappa shape index (κ1) is 27.4.